The Bertz CT molecular complexity index is 422. The molecule has 17 heavy (non-hydrogen) atoms. The second-order valence-corrected chi connectivity index (χ2v) is 3.29. The van der Waals surface area contributed by atoms with Crippen molar-refractivity contribution in [3.8, 4) is 0 Å². The predicted octanol–water partition coefficient (Wildman–Crippen LogP) is 0.890. The average Bonchev–Trinajstić information content (AvgIpc) is 2.28. The van der Waals surface area contributed by atoms with Crippen molar-refractivity contribution in [2.24, 2.45) is 0 Å². The number of benzene rings is 1. The van der Waals surface area contributed by atoms with Crippen LogP contribution in [0.15, 0.2) is 24.3 Å². The molecule has 0 radical (unpaired) electrons. The van der Waals surface area contributed by atoms with Crippen molar-refractivity contribution < 1.29 is 23.8 Å². The smallest absolute Gasteiger partial charge is 0.329 e. The van der Waals surface area contributed by atoms with E-state index in [0.29, 0.717) is 0 Å². The summed E-state index contributed by atoms with van der Waals surface area (Å²) in [5.74, 6) is -2.20. The van der Waals surface area contributed by atoms with E-state index in [-0.39, 0.29) is 5.69 Å². The molecule has 0 spiro atoms. The molecule has 0 atom stereocenters. The van der Waals surface area contributed by atoms with Crippen molar-refractivity contribution in [3.63, 3.8) is 0 Å². The number of carbonyl (C=O) groups excluding carboxylic acids is 1. The number of anilines is 1. The van der Waals surface area contributed by atoms with Gasteiger partial charge in [0, 0.05) is 7.05 Å². The second-order valence-electron chi connectivity index (χ2n) is 3.29. The van der Waals surface area contributed by atoms with Crippen LogP contribution < -0.4 is 4.90 Å². The molecule has 0 aliphatic carbocycles. The SMILES string of the molecule is CN(C(=O)COCC(=O)O)c1ccccc1F. The van der Waals surface area contributed by atoms with E-state index >= 15 is 0 Å². The molecule has 0 aliphatic rings. The molecule has 1 amide bonds. The van der Waals surface area contributed by atoms with Crippen LogP contribution in [0.5, 0.6) is 0 Å². The molecule has 92 valence electrons. The molecule has 0 bridgehead atoms. The summed E-state index contributed by atoms with van der Waals surface area (Å²) >= 11 is 0. The largest absolute Gasteiger partial charge is 0.480 e. The van der Waals surface area contributed by atoms with Crippen LogP contribution in [0.25, 0.3) is 0 Å². The molecular formula is C11H12FNO4. The fourth-order valence-electron chi connectivity index (χ4n) is 1.18. The Kier molecular flexibility index (Phi) is 4.59. The van der Waals surface area contributed by atoms with Crippen molar-refractivity contribution in [3.05, 3.63) is 30.1 Å². The lowest BCUT2D eigenvalue weighted by atomic mass is 10.3. The third kappa shape index (κ3) is 3.84. The highest BCUT2D eigenvalue weighted by atomic mass is 19.1. The lowest BCUT2D eigenvalue weighted by Gasteiger charge is -2.17. The normalized spacial score (nSPS) is 10.0. The Labute approximate surface area is 97.4 Å². The van der Waals surface area contributed by atoms with Crippen molar-refractivity contribution in [2.45, 2.75) is 0 Å². The molecule has 0 aliphatic heterocycles. The monoisotopic (exact) mass is 241 g/mol. The van der Waals surface area contributed by atoms with E-state index in [1.165, 1.54) is 25.2 Å². The molecule has 1 aromatic rings. The third-order valence-corrected chi connectivity index (χ3v) is 2.04. The Hall–Kier alpha value is -1.95. The molecular weight excluding hydrogens is 229 g/mol. The summed E-state index contributed by atoms with van der Waals surface area (Å²) in [7, 11) is 1.39. The minimum atomic E-state index is -1.16. The zero-order chi connectivity index (χ0) is 12.8. The number of halogens is 1. The van der Waals surface area contributed by atoms with E-state index in [4.69, 9.17) is 5.11 Å². The van der Waals surface area contributed by atoms with Gasteiger partial charge in [0.05, 0.1) is 5.69 Å². The van der Waals surface area contributed by atoms with Crippen LogP contribution in [0.2, 0.25) is 0 Å². The summed E-state index contributed by atoms with van der Waals surface area (Å²) in [6.07, 6.45) is 0. The van der Waals surface area contributed by atoms with Crippen LogP contribution in [0.3, 0.4) is 0 Å². The molecule has 1 N–H and O–H groups in total. The first-order chi connectivity index (χ1) is 8.02. The van der Waals surface area contributed by atoms with Gasteiger partial charge in [0.25, 0.3) is 5.91 Å². The van der Waals surface area contributed by atoms with Crippen LogP contribution in [-0.2, 0) is 14.3 Å². The van der Waals surface area contributed by atoms with Crippen LogP contribution in [-0.4, -0.2) is 37.2 Å². The summed E-state index contributed by atoms with van der Waals surface area (Å²) < 4.78 is 17.9. The number of carboxylic acids is 1. The molecule has 1 aromatic carbocycles. The summed E-state index contributed by atoms with van der Waals surface area (Å²) in [5, 5.41) is 8.32. The van der Waals surface area contributed by atoms with E-state index in [1.54, 1.807) is 6.07 Å². The third-order valence-electron chi connectivity index (χ3n) is 2.04. The Morgan fingerprint density at radius 1 is 1.35 bits per heavy atom. The predicted molar refractivity (Wildman–Crippen MR) is 58.3 cm³/mol. The molecule has 0 aromatic heterocycles. The standard InChI is InChI=1S/C11H12FNO4/c1-13(9-5-3-2-4-8(9)12)10(14)6-17-7-11(15)16/h2-5H,6-7H2,1H3,(H,15,16). The van der Waals surface area contributed by atoms with Gasteiger partial charge >= 0.3 is 5.97 Å². The van der Waals surface area contributed by atoms with E-state index < -0.39 is 30.9 Å². The maximum atomic E-state index is 13.3. The molecule has 6 heteroatoms. The number of hydrogen-bond donors (Lipinski definition) is 1. The number of nitrogens with zero attached hydrogens (tertiary/aromatic N) is 1. The molecule has 0 saturated carbocycles. The van der Waals surface area contributed by atoms with Gasteiger partial charge in [-0.15, -0.1) is 0 Å². The Balaban J connectivity index is 2.58. The highest BCUT2D eigenvalue weighted by molar-refractivity contribution is 5.93. The highest BCUT2D eigenvalue weighted by Crippen LogP contribution is 2.16. The minimum Gasteiger partial charge on any atom is -0.480 e. The number of likely N-dealkylation sites (N-methyl/N-ethyl adjacent to an activating group) is 1. The maximum absolute atomic E-state index is 13.3. The summed E-state index contributed by atoms with van der Waals surface area (Å²) in [6, 6.07) is 5.79. The molecule has 0 saturated heterocycles. The fraction of sp³-hybridized carbons (Fsp3) is 0.273. The average molecular weight is 241 g/mol. The van der Waals surface area contributed by atoms with E-state index in [2.05, 4.69) is 4.74 Å². The van der Waals surface area contributed by atoms with Crippen LogP contribution in [0, 0.1) is 5.82 Å². The zero-order valence-corrected chi connectivity index (χ0v) is 9.22. The summed E-state index contributed by atoms with van der Waals surface area (Å²) in [4.78, 5) is 22.8. The van der Waals surface area contributed by atoms with Gasteiger partial charge in [-0.3, -0.25) is 4.79 Å². The molecule has 0 fully saturated rings. The van der Waals surface area contributed by atoms with E-state index in [1.807, 2.05) is 0 Å². The van der Waals surface area contributed by atoms with Gasteiger partial charge in [-0.25, -0.2) is 9.18 Å². The minimum absolute atomic E-state index is 0.122. The van der Waals surface area contributed by atoms with Crippen LogP contribution >= 0.6 is 0 Å². The molecule has 5 nitrogen and oxygen atoms in total. The van der Waals surface area contributed by atoms with Gasteiger partial charge in [0.2, 0.25) is 0 Å². The lowest BCUT2D eigenvalue weighted by Crippen LogP contribution is -2.31. The van der Waals surface area contributed by atoms with Crippen LogP contribution in [0.1, 0.15) is 0 Å². The quantitative estimate of drug-likeness (QED) is 0.831. The number of amides is 1. The summed E-state index contributed by atoms with van der Waals surface area (Å²) in [6.45, 7) is -0.964. The van der Waals surface area contributed by atoms with Gasteiger partial charge in [0.15, 0.2) is 0 Å². The Morgan fingerprint density at radius 2 is 2.00 bits per heavy atom. The number of para-hydroxylation sites is 1. The number of ether oxygens (including phenoxy) is 1. The first kappa shape index (κ1) is 13.1. The van der Waals surface area contributed by atoms with Gasteiger partial charge in [0.1, 0.15) is 19.0 Å². The van der Waals surface area contributed by atoms with Crippen molar-refractivity contribution >= 4 is 17.6 Å². The van der Waals surface area contributed by atoms with Crippen molar-refractivity contribution in [2.75, 3.05) is 25.2 Å². The highest BCUT2D eigenvalue weighted by Gasteiger charge is 2.14. The van der Waals surface area contributed by atoms with Gasteiger partial charge in [-0.05, 0) is 12.1 Å². The zero-order valence-electron chi connectivity index (χ0n) is 9.22. The number of rotatable bonds is 5. The fourth-order valence-corrected chi connectivity index (χ4v) is 1.18. The maximum Gasteiger partial charge on any atom is 0.329 e. The lowest BCUT2D eigenvalue weighted by molar-refractivity contribution is -0.143. The van der Waals surface area contributed by atoms with Gasteiger partial charge in [-0.2, -0.15) is 0 Å². The van der Waals surface area contributed by atoms with Crippen LogP contribution in [0.4, 0.5) is 10.1 Å². The van der Waals surface area contributed by atoms with Crippen molar-refractivity contribution in [1.29, 1.82) is 0 Å². The van der Waals surface area contributed by atoms with E-state index in [0.717, 1.165) is 4.90 Å². The molecule has 0 unspecified atom stereocenters. The molecule has 0 heterocycles. The van der Waals surface area contributed by atoms with Gasteiger partial charge in [-0.1, -0.05) is 12.1 Å². The van der Waals surface area contributed by atoms with E-state index in [9.17, 15) is 14.0 Å². The van der Waals surface area contributed by atoms with Crippen molar-refractivity contribution in [1.82, 2.24) is 0 Å². The second kappa shape index (κ2) is 5.95. The summed E-state index contributed by atoms with van der Waals surface area (Å²) in [5.41, 5.74) is 0.122. The number of carbonyl (C=O) groups is 2. The topological polar surface area (TPSA) is 66.8 Å². The first-order valence-corrected chi connectivity index (χ1v) is 4.83. The van der Waals surface area contributed by atoms with Gasteiger partial charge < -0.3 is 14.7 Å². The Morgan fingerprint density at radius 3 is 2.59 bits per heavy atom. The number of aliphatic carboxylic acids is 1. The first-order valence-electron chi connectivity index (χ1n) is 4.83. The number of carboxylic acid groups (broad SMARTS) is 1. The number of hydrogen-bond acceptors (Lipinski definition) is 3. The molecule has 1 rings (SSSR count).